The highest BCUT2D eigenvalue weighted by atomic mass is 16.5. The van der Waals surface area contributed by atoms with Crippen LogP contribution in [0.1, 0.15) is 33.1 Å². The molecule has 2 heteroatoms. The molecule has 0 amide bonds. The van der Waals surface area contributed by atoms with Crippen LogP contribution in [0.5, 0.6) is 0 Å². The Morgan fingerprint density at radius 3 is 2.54 bits per heavy atom. The summed E-state index contributed by atoms with van der Waals surface area (Å²) < 4.78 is 5.42. The second-order valence-corrected chi connectivity index (χ2v) is 4.71. The zero-order valence-electron chi connectivity index (χ0n) is 8.75. The first-order valence-corrected chi connectivity index (χ1v) is 5.61. The Morgan fingerprint density at radius 1 is 1.23 bits per heavy atom. The lowest BCUT2D eigenvalue weighted by atomic mass is 9.88. The van der Waals surface area contributed by atoms with Crippen molar-refractivity contribution in [2.45, 2.75) is 45.2 Å². The molecule has 13 heavy (non-hydrogen) atoms. The van der Waals surface area contributed by atoms with Crippen molar-refractivity contribution in [3.63, 3.8) is 0 Å². The predicted octanol–water partition coefficient (Wildman–Crippen LogP) is 1.80. The fraction of sp³-hybridized carbons (Fsp3) is 1.00. The summed E-state index contributed by atoms with van der Waals surface area (Å²) >= 11 is 0. The van der Waals surface area contributed by atoms with E-state index < -0.39 is 0 Å². The van der Waals surface area contributed by atoms with Crippen molar-refractivity contribution in [1.82, 2.24) is 5.32 Å². The molecule has 1 N–H and O–H groups in total. The molecule has 0 aromatic heterocycles. The third kappa shape index (κ3) is 2.44. The third-order valence-corrected chi connectivity index (χ3v) is 3.57. The SMILES string of the molecule is CC(NC1CC1)C(C)C1CCOC1. The van der Waals surface area contributed by atoms with Gasteiger partial charge in [0.1, 0.15) is 0 Å². The predicted molar refractivity (Wildman–Crippen MR) is 53.7 cm³/mol. The Morgan fingerprint density at radius 2 is 2.00 bits per heavy atom. The lowest BCUT2D eigenvalue weighted by molar-refractivity contribution is 0.166. The molecular formula is C11H21NO. The molecule has 2 rings (SSSR count). The van der Waals surface area contributed by atoms with E-state index in [1.54, 1.807) is 0 Å². The first kappa shape index (κ1) is 9.47. The fourth-order valence-corrected chi connectivity index (χ4v) is 2.15. The molecule has 0 radical (unpaired) electrons. The third-order valence-electron chi connectivity index (χ3n) is 3.57. The fourth-order valence-electron chi connectivity index (χ4n) is 2.15. The molecule has 3 atom stereocenters. The molecule has 0 aromatic carbocycles. The van der Waals surface area contributed by atoms with E-state index in [0.717, 1.165) is 31.1 Å². The van der Waals surface area contributed by atoms with Crippen LogP contribution in [0.4, 0.5) is 0 Å². The van der Waals surface area contributed by atoms with Crippen molar-refractivity contribution in [1.29, 1.82) is 0 Å². The van der Waals surface area contributed by atoms with Crippen LogP contribution in [0.15, 0.2) is 0 Å². The molecule has 1 aliphatic heterocycles. The first-order chi connectivity index (χ1) is 6.27. The van der Waals surface area contributed by atoms with E-state index in [9.17, 15) is 0 Å². The van der Waals surface area contributed by atoms with Gasteiger partial charge < -0.3 is 10.1 Å². The van der Waals surface area contributed by atoms with Crippen LogP contribution in [-0.4, -0.2) is 25.3 Å². The van der Waals surface area contributed by atoms with Gasteiger partial charge in [0.15, 0.2) is 0 Å². The molecule has 2 nitrogen and oxygen atoms in total. The lowest BCUT2D eigenvalue weighted by Crippen LogP contribution is -2.37. The van der Waals surface area contributed by atoms with E-state index in [1.807, 2.05) is 0 Å². The highest BCUT2D eigenvalue weighted by molar-refractivity contribution is 4.87. The van der Waals surface area contributed by atoms with E-state index in [4.69, 9.17) is 4.74 Å². The molecule has 76 valence electrons. The van der Waals surface area contributed by atoms with Crippen LogP contribution in [0.2, 0.25) is 0 Å². The second kappa shape index (κ2) is 3.97. The molecule has 0 bridgehead atoms. The van der Waals surface area contributed by atoms with Crippen molar-refractivity contribution >= 4 is 0 Å². The molecule has 1 saturated carbocycles. The molecule has 0 aromatic rings. The topological polar surface area (TPSA) is 21.3 Å². The number of ether oxygens (including phenoxy) is 1. The van der Waals surface area contributed by atoms with Crippen molar-refractivity contribution in [3.05, 3.63) is 0 Å². The summed E-state index contributed by atoms with van der Waals surface area (Å²) in [7, 11) is 0. The van der Waals surface area contributed by atoms with Crippen molar-refractivity contribution < 1.29 is 4.74 Å². The minimum absolute atomic E-state index is 0.666. The van der Waals surface area contributed by atoms with Crippen LogP contribution >= 0.6 is 0 Å². The Hall–Kier alpha value is -0.0800. The quantitative estimate of drug-likeness (QED) is 0.717. The van der Waals surface area contributed by atoms with E-state index in [-0.39, 0.29) is 0 Å². The highest BCUT2D eigenvalue weighted by Crippen LogP contribution is 2.27. The first-order valence-electron chi connectivity index (χ1n) is 5.61. The zero-order chi connectivity index (χ0) is 9.26. The molecule has 2 aliphatic rings. The number of rotatable bonds is 4. The van der Waals surface area contributed by atoms with Crippen LogP contribution in [0.3, 0.4) is 0 Å². The number of nitrogens with one attached hydrogen (secondary N) is 1. The maximum absolute atomic E-state index is 5.42. The van der Waals surface area contributed by atoms with Gasteiger partial charge in [-0.3, -0.25) is 0 Å². The maximum atomic E-state index is 5.42. The molecular weight excluding hydrogens is 162 g/mol. The monoisotopic (exact) mass is 183 g/mol. The number of hydrogen-bond donors (Lipinski definition) is 1. The largest absolute Gasteiger partial charge is 0.381 e. The molecule has 1 aliphatic carbocycles. The summed E-state index contributed by atoms with van der Waals surface area (Å²) in [5, 5.41) is 3.67. The zero-order valence-corrected chi connectivity index (χ0v) is 8.75. The van der Waals surface area contributed by atoms with Crippen LogP contribution in [0, 0.1) is 11.8 Å². The minimum Gasteiger partial charge on any atom is -0.381 e. The Bertz CT molecular complexity index is 161. The van der Waals surface area contributed by atoms with Gasteiger partial charge in [-0.05, 0) is 38.0 Å². The lowest BCUT2D eigenvalue weighted by Gasteiger charge is -2.25. The van der Waals surface area contributed by atoms with Gasteiger partial charge in [-0.25, -0.2) is 0 Å². The van der Waals surface area contributed by atoms with Crippen molar-refractivity contribution in [2.75, 3.05) is 13.2 Å². The van der Waals surface area contributed by atoms with E-state index in [2.05, 4.69) is 19.2 Å². The van der Waals surface area contributed by atoms with E-state index in [0.29, 0.717) is 6.04 Å². The normalized spacial score (nSPS) is 33.2. The summed E-state index contributed by atoms with van der Waals surface area (Å²) in [5.41, 5.74) is 0. The molecule has 3 unspecified atom stereocenters. The second-order valence-electron chi connectivity index (χ2n) is 4.71. The van der Waals surface area contributed by atoms with E-state index >= 15 is 0 Å². The average molecular weight is 183 g/mol. The summed E-state index contributed by atoms with van der Waals surface area (Å²) in [5.74, 6) is 1.56. The number of hydrogen-bond acceptors (Lipinski definition) is 2. The van der Waals surface area contributed by atoms with Crippen LogP contribution in [0.25, 0.3) is 0 Å². The summed E-state index contributed by atoms with van der Waals surface area (Å²) in [6.07, 6.45) is 4.04. The van der Waals surface area contributed by atoms with Gasteiger partial charge in [0, 0.05) is 25.3 Å². The highest BCUT2D eigenvalue weighted by Gasteiger charge is 2.30. The Balaban J connectivity index is 1.76. The van der Waals surface area contributed by atoms with Gasteiger partial charge in [0.25, 0.3) is 0 Å². The summed E-state index contributed by atoms with van der Waals surface area (Å²) in [4.78, 5) is 0. The Labute approximate surface area is 81.0 Å². The maximum Gasteiger partial charge on any atom is 0.0498 e. The van der Waals surface area contributed by atoms with E-state index in [1.165, 1.54) is 19.3 Å². The summed E-state index contributed by atoms with van der Waals surface area (Å²) in [6, 6.07) is 1.50. The smallest absolute Gasteiger partial charge is 0.0498 e. The van der Waals surface area contributed by atoms with Gasteiger partial charge >= 0.3 is 0 Å². The Kier molecular flexibility index (Phi) is 2.89. The molecule has 0 spiro atoms. The van der Waals surface area contributed by atoms with Gasteiger partial charge in [-0.2, -0.15) is 0 Å². The van der Waals surface area contributed by atoms with Crippen LogP contribution in [-0.2, 0) is 4.74 Å². The van der Waals surface area contributed by atoms with Gasteiger partial charge in [0.2, 0.25) is 0 Å². The van der Waals surface area contributed by atoms with Crippen molar-refractivity contribution in [3.8, 4) is 0 Å². The van der Waals surface area contributed by atoms with Gasteiger partial charge in [-0.1, -0.05) is 6.92 Å². The summed E-state index contributed by atoms with van der Waals surface area (Å²) in [6.45, 7) is 6.64. The van der Waals surface area contributed by atoms with Crippen molar-refractivity contribution in [2.24, 2.45) is 11.8 Å². The molecule has 1 heterocycles. The standard InChI is InChI=1S/C11H21NO/c1-8(10-5-6-13-7-10)9(2)12-11-3-4-11/h8-12H,3-7H2,1-2H3. The van der Waals surface area contributed by atoms with Gasteiger partial charge in [0.05, 0.1) is 0 Å². The molecule has 1 saturated heterocycles. The molecule has 2 fully saturated rings. The minimum atomic E-state index is 0.666. The van der Waals surface area contributed by atoms with Gasteiger partial charge in [-0.15, -0.1) is 0 Å². The van der Waals surface area contributed by atoms with Crippen LogP contribution < -0.4 is 5.32 Å². The average Bonchev–Trinajstić information content (AvgIpc) is 2.78.